The van der Waals surface area contributed by atoms with Crippen molar-refractivity contribution in [3.8, 4) is 0 Å². The van der Waals surface area contributed by atoms with Gasteiger partial charge in [0.15, 0.2) is 0 Å². The molecule has 0 fully saturated rings. The van der Waals surface area contributed by atoms with Crippen LogP contribution in [0.5, 0.6) is 0 Å². The minimum absolute atomic E-state index is 0. The summed E-state index contributed by atoms with van der Waals surface area (Å²) in [5.74, 6) is 0. The molecule has 0 rings (SSSR count). The van der Waals surface area contributed by atoms with Crippen LogP contribution in [0.4, 0.5) is 0 Å². The van der Waals surface area contributed by atoms with Gasteiger partial charge in [-0.15, -0.1) is 9.79 Å². The molecular weight excluding hydrogens is 443 g/mol. The van der Waals surface area contributed by atoms with E-state index in [9.17, 15) is 0 Å². The van der Waals surface area contributed by atoms with Crippen molar-refractivity contribution in [2.75, 3.05) is 0 Å². The van der Waals surface area contributed by atoms with E-state index in [2.05, 4.69) is 0 Å². The molecule has 0 aliphatic carbocycles. The van der Waals surface area contributed by atoms with E-state index >= 15 is 0 Å². The molecule has 22 heavy (non-hydrogen) atoms. The Bertz CT molecular complexity index is 176. The van der Waals surface area contributed by atoms with Crippen LogP contribution in [0, 0.1) is 0 Å². The van der Waals surface area contributed by atoms with Crippen LogP contribution in [-0.2, 0) is 18.3 Å². The third-order valence-corrected chi connectivity index (χ3v) is 0. The zero-order chi connectivity index (χ0) is 14.3. The topological polar surface area (TPSA) is 244 Å². The molecule has 1 unspecified atom stereocenters. The fourth-order valence-electron chi connectivity index (χ4n) is 0. The second-order valence-electron chi connectivity index (χ2n) is 0.938. The largest absolute Gasteiger partial charge is 1.00 e. The van der Waals surface area contributed by atoms with E-state index in [0.717, 1.165) is 0 Å². The predicted molar refractivity (Wildman–Crippen MR) is 43.8 cm³/mol. The molecule has 104 valence electrons. The van der Waals surface area contributed by atoms with Crippen LogP contribution in [0.3, 0.4) is 0 Å². The molecule has 21 heteroatoms. The molecule has 0 aliphatic heterocycles. The van der Waals surface area contributed by atoms with Crippen LogP contribution in [0.15, 0.2) is 0 Å². The average molecular weight is 450 g/mol. The second kappa shape index (κ2) is 56.2. The van der Waals surface area contributed by atoms with Crippen molar-refractivity contribution in [1.29, 1.82) is 0 Å². The molecule has 12 nitrogen and oxygen atoms in total. The van der Waals surface area contributed by atoms with E-state index in [0.29, 0.717) is 0 Å². The third-order valence-electron chi connectivity index (χ3n) is 0. The summed E-state index contributed by atoms with van der Waals surface area (Å²) < 4.78 is 34.3. The number of hydrogen-bond donors (Lipinski definition) is 3. The Hall–Kier alpha value is 5.08. The van der Waals surface area contributed by atoms with Crippen LogP contribution in [-0.4, -0.2) is 14.7 Å². The molecule has 0 aromatic heterocycles. The Morgan fingerprint density at radius 1 is 0.545 bits per heavy atom. The van der Waals surface area contributed by atoms with Gasteiger partial charge in [0.25, 0.3) is 16.5 Å². The summed E-state index contributed by atoms with van der Waals surface area (Å²) in [5, 5.41) is 0. The number of hydrogen-bond acceptors (Lipinski definition) is 9. The second-order valence-corrected chi connectivity index (χ2v) is 2.81. The number of rotatable bonds is 0. The first-order chi connectivity index (χ1) is 6.93. The van der Waals surface area contributed by atoms with E-state index in [4.69, 9.17) is 57.4 Å². The molecule has 0 aromatic rings. The van der Waals surface area contributed by atoms with E-state index in [1.165, 1.54) is 0 Å². The normalized spacial score (nSPS) is 5.55. The van der Waals surface area contributed by atoms with Crippen LogP contribution in [0.2, 0.25) is 0 Å². The van der Waals surface area contributed by atoms with Crippen LogP contribution in [0.1, 0.15) is 7.43 Å². The molecule has 0 saturated heterocycles. The van der Waals surface area contributed by atoms with Gasteiger partial charge in [-0.2, -0.15) is 4.89 Å². The predicted octanol–water partition coefficient (Wildman–Crippen LogP) is -19.0. The molecule has 0 amide bonds. The van der Waals surface area contributed by atoms with Crippen molar-refractivity contribution in [2.24, 2.45) is 0 Å². The molecule has 0 radical (unpaired) electrons. The summed E-state index contributed by atoms with van der Waals surface area (Å²) in [6.45, 7) is 0. The molecule has 1 atom stereocenters. The van der Waals surface area contributed by atoms with Gasteiger partial charge in [-0.05, 0) is 4.57 Å². The molecule has 0 aliphatic rings. The minimum atomic E-state index is -3.37. The Balaban J connectivity index is -0.00000001000. The summed E-state index contributed by atoms with van der Waals surface area (Å²) >= 11 is 0. The van der Waals surface area contributed by atoms with E-state index in [-0.39, 0.29) is 155 Å². The molecular formula is CH7Na5O12P4+4. The summed E-state index contributed by atoms with van der Waals surface area (Å²) in [4.78, 5) is 63.8. The van der Waals surface area contributed by atoms with Crippen molar-refractivity contribution in [3.05, 3.63) is 0 Å². The van der Waals surface area contributed by atoms with Crippen LogP contribution in [0.25, 0.3) is 0 Å². The van der Waals surface area contributed by atoms with Crippen molar-refractivity contribution in [2.45, 2.75) is 7.43 Å². The van der Waals surface area contributed by atoms with Crippen molar-refractivity contribution >= 4 is 33.0 Å². The van der Waals surface area contributed by atoms with Gasteiger partial charge in [0.1, 0.15) is 0 Å². The molecule has 0 bridgehead atoms. The molecule has 3 N–H and O–H groups in total. The zero-order valence-electron chi connectivity index (χ0n) is 11.8. The molecule has 0 aromatic carbocycles. The Kier molecular flexibility index (Phi) is 161. The first-order valence-corrected chi connectivity index (χ1v) is 6.73. The van der Waals surface area contributed by atoms with E-state index in [1.54, 1.807) is 0 Å². The Morgan fingerprint density at radius 3 is 0.545 bits per heavy atom. The Labute approximate surface area is 241 Å². The fourth-order valence-corrected chi connectivity index (χ4v) is 0. The summed E-state index contributed by atoms with van der Waals surface area (Å²) in [7, 11) is -12.7. The van der Waals surface area contributed by atoms with Gasteiger partial charge in [0.05, 0.1) is 0 Å². The van der Waals surface area contributed by atoms with Gasteiger partial charge in [-0.1, -0.05) is 16.6 Å². The van der Waals surface area contributed by atoms with E-state index < -0.39 is 33.0 Å². The van der Waals surface area contributed by atoms with Gasteiger partial charge in [0, 0.05) is 4.57 Å². The maximum atomic E-state index is 8.70. The first kappa shape index (κ1) is 63.1. The average Bonchev–Trinajstić information content (AvgIpc) is 1.76. The first-order valence-electron chi connectivity index (χ1n) is 2.24. The van der Waals surface area contributed by atoms with E-state index in [1.807, 2.05) is 0 Å². The van der Waals surface area contributed by atoms with Crippen LogP contribution < -0.4 is 172 Å². The van der Waals surface area contributed by atoms with Gasteiger partial charge < -0.3 is 24.5 Å². The maximum Gasteiger partial charge on any atom is 1.00 e. The third kappa shape index (κ3) is 564. The van der Waals surface area contributed by atoms with Gasteiger partial charge in [0.2, 0.25) is 0 Å². The minimum Gasteiger partial charge on any atom is -0.598 e. The SMILES string of the molecule is C.O=[P+](O)O.O=[P+]([O-])O.O=[P+]([O-])[O-].O=[P+]([O-])[O-].[Na+].[Na+].[Na+].[Na+].[Na+]. The Morgan fingerprint density at radius 2 is 0.545 bits per heavy atom. The van der Waals surface area contributed by atoms with Crippen molar-refractivity contribution in [1.82, 2.24) is 0 Å². The van der Waals surface area contributed by atoms with Crippen molar-refractivity contribution < 1.29 is 205 Å². The zero-order valence-corrected chi connectivity index (χ0v) is 25.4. The van der Waals surface area contributed by atoms with Crippen LogP contribution >= 0.6 is 33.0 Å². The fraction of sp³-hybridized carbons (Fsp3) is 1.00. The smallest absolute Gasteiger partial charge is 0.598 e. The summed E-state index contributed by atoms with van der Waals surface area (Å²) in [6, 6.07) is 0. The van der Waals surface area contributed by atoms with Crippen molar-refractivity contribution in [3.63, 3.8) is 0 Å². The molecule has 0 saturated carbocycles. The molecule has 0 spiro atoms. The standard InChI is InChI=1S/CH4.5Na.4HO3P/c;;;;;;4*1-4(2)3/h1H4;;;;;;(H-,1,2,3);3*(H,1,2,3)/q;5*+1;;;;/p-1. The monoisotopic (exact) mass is 450 g/mol. The summed E-state index contributed by atoms with van der Waals surface area (Å²) in [6.07, 6.45) is 0. The molecule has 0 heterocycles. The maximum absolute atomic E-state index is 8.70. The van der Waals surface area contributed by atoms with Gasteiger partial charge in [-0.3, -0.25) is 0 Å². The van der Waals surface area contributed by atoms with Gasteiger partial charge >= 0.3 is 164 Å². The summed E-state index contributed by atoms with van der Waals surface area (Å²) in [5.41, 5.74) is 0. The van der Waals surface area contributed by atoms with Gasteiger partial charge in [-0.25, -0.2) is 0 Å². The quantitative estimate of drug-likeness (QED) is 0.230.